The third kappa shape index (κ3) is 2.47. The molecule has 34 heavy (non-hydrogen) atoms. The van der Waals surface area contributed by atoms with Gasteiger partial charge in [-0.2, -0.15) is 0 Å². The molecule has 0 N–H and O–H groups in total. The van der Waals surface area contributed by atoms with Crippen molar-refractivity contribution < 1.29 is 0 Å². The van der Waals surface area contributed by atoms with E-state index >= 15 is 0 Å². The quantitative estimate of drug-likeness (QED) is 0.423. The molecule has 0 radical (unpaired) electrons. The van der Waals surface area contributed by atoms with Crippen LogP contribution in [0.25, 0.3) is 11.4 Å². The summed E-state index contributed by atoms with van der Waals surface area (Å²) < 4.78 is 0. The molecule has 2 aliphatic heterocycles. The van der Waals surface area contributed by atoms with Gasteiger partial charge in [0, 0.05) is 41.5 Å². The van der Waals surface area contributed by atoms with Crippen molar-refractivity contribution in [2.75, 3.05) is 16.8 Å². The lowest BCUT2D eigenvalue weighted by molar-refractivity contribution is 0.171. The Hall–Kier alpha value is -3.21. The Kier molecular flexibility index (Phi) is 4.33. The molecule has 174 valence electrons. The Labute approximate surface area is 202 Å². The highest BCUT2D eigenvalue weighted by Gasteiger charge is 2.63. The van der Waals surface area contributed by atoms with Crippen LogP contribution in [0.5, 0.6) is 0 Å². The van der Waals surface area contributed by atoms with Crippen molar-refractivity contribution in [2.24, 2.45) is 5.41 Å². The molecule has 3 aromatic rings. The summed E-state index contributed by atoms with van der Waals surface area (Å²) in [6.07, 6.45) is 10.9. The molecule has 0 saturated carbocycles. The largest absolute Gasteiger partial charge is 0.336 e. The minimum absolute atomic E-state index is 0.00194. The van der Waals surface area contributed by atoms with E-state index in [9.17, 15) is 0 Å². The van der Waals surface area contributed by atoms with E-state index in [1.807, 2.05) is 18.6 Å². The van der Waals surface area contributed by atoms with Gasteiger partial charge in [0.05, 0.1) is 6.20 Å². The van der Waals surface area contributed by atoms with Gasteiger partial charge in [0.2, 0.25) is 0 Å². The highest BCUT2D eigenvalue weighted by atomic mass is 15.5. The number of benzene rings is 1. The van der Waals surface area contributed by atoms with E-state index in [4.69, 9.17) is 9.97 Å². The Balaban J connectivity index is 1.56. The fraction of sp³-hybridized carbons (Fsp3) is 0.414. The summed E-state index contributed by atoms with van der Waals surface area (Å²) >= 11 is 0. The predicted octanol–water partition coefficient (Wildman–Crippen LogP) is 6.55. The maximum absolute atomic E-state index is 5.25. The summed E-state index contributed by atoms with van der Waals surface area (Å²) in [5, 5.41) is 0. The van der Waals surface area contributed by atoms with Crippen LogP contribution in [-0.4, -0.2) is 28.2 Å². The number of hydrogen-bond donors (Lipinski definition) is 0. The van der Waals surface area contributed by atoms with Gasteiger partial charge >= 0.3 is 0 Å². The average Bonchev–Trinajstić information content (AvgIpc) is 3.13. The van der Waals surface area contributed by atoms with Crippen molar-refractivity contribution in [2.45, 2.75) is 65.0 Å². The van der Waals surface area contributed by atoms with E-state index in [1.165, 1.54) is 22.4 Å². The molecule has 3 atom stereocenters. The number of allylic oxidation sites excluding steroid dienone is 1. The van der Waals surface area contributed by atoms with Crippen molar-refractivity contribution in [1.29, 1.82) is 0 Å². The molecule has 3 aliphatic rings. The van der Waals surface area contributed by atoms with Gasteiger partial charge in [-0.05, 0) is 34.6 Å². The molecule has 0 fully saturated rings. The van der Waals surface area contributed by atoms with Crippen molar-refractivity contribution in [3.63, 3.8) is 0 Å². The number of pyridine rings is 1. The maximum atomic E-state index is 5.25. The molecule has 5 heteroatoms. The number of anilines is 3. The van der Waals surface area contributed by atoms with E-state index in [2.05, 4.69) is 99.8 Å². The van der Waals surface area contributed by atoms with Crippen LogP contribution in [0.15, 0.2) is 55.0 Å². The summed E-state index contributed by atoms with van der Waals surface area (Å²) in [4.78, 5) is 19.6. The standard InChI is InChI=1S/C29H33N5/c1-17(2)19-14-30-15-20(18(3)4)24(19)25-31-16-23-26(32-25)33(7)27-29(6)13-12-28(29,5)21-10-8-9-11-22(21)34(23)27/h8-18,27H,1-7H3. The summed E-state index contributed by atoms with van der Waals surface area (Å²) in [6, 6.07) is 8.81. The Morgan fingerprint density at radius 2 is 1.56 bits per heavy atom. The Bertz CT molecular complexity index is 1320. The van der Waals surface area contributed by atoms with Crippen molar-refractivity contribution in [3.05, 3.63) is 71.7 Å². The molecule has 0 bridgehead atoms. The molecule has 4 heterocycles. The van der Waals surface area contributed by atoms with Crippen molar-refractivity contribution in [1.82, 2.24) is 15.0 Å². The average molecular weight is 452 g/mol. The lowest BCUT2D eigenvalue weighted by Gasteiger charge is -2.61. The second-order valence-electron chi connectivity index (χ2n) is 11.1. The molecule has 3 unspecified atom stereocenters. The second-order valence-corrected chi connectivity index (χ2v) is 11.1. The number of fused-ring (bicyclic) bond motifs is 8. The lowest BCUT2D eigenvalue weighted by Crippen LogP contribution is -2.64. The minimum Gasteiger partial charge on any atom is -0.336 e. The van der Waals surface area contributed by atoms with E-state index in [0.717, 1.165) is 22.9 Å². The third-order valence-corrected chi connectivity index (χ3v) is 8.57. The monoisotopic (exact) mass is 451 g/mol. The van der Waals surface area contributed by atoms with Gasteiger partial charge in [-0.25, -0.2) is 9.97 Å². The van der Waals surface area contributed by atoms with Crippen LogP contribution in [-0.2, 0) is 5.41 Å². The fourth-order valence-corrected chi connectivity index (χ4v) is 6.35. The fourth-order valence-electron chi connectivity index (χ4n) is 6.35. The first-order chi connectivity index (χ1) is 16.2. The predicted molar refractivity (Wildman–Crippen MR) is 139 cm³/mol. The number of aromatic nitrogens is 3. The van der Waals surface area contributed by atoms with Gasteiger partial charge < -0.3 is 9.80 Å². The first-order valence-electron chi connectivity index (χ1n) is 12.4. The van der Waals surface area contributed by atoms with E-state index < -0.39 is 0 Å². The Morgan fingerprint density at radius 3 is 2.18 bits per heavy atom. The highest BCUT2D eigenvalue weighted by Crippen LogP contribution is 2.65. The zero-order valence-corrected chi connectivity index (χ0v) is 21.2. The first-order valence-corrected chi connectivity index (χ1v) is 12.4. The van der Waals surface area contributed by atoms with Gasteiger partial charge in [0.15, 0.2) is 11.6 Å². The van der Waals surface area contributed by atoms with Gasteiger partial charge in [0.25, 0.3) is 0 Å². The van der Waals surface area contributed by atoms with Crippen molar-refractivity contribution >= 4 is 17.2 Å². The molecule has 0 amide bonds. The van der Waals surface area contributed by atoms with Crippen LogP contribution in [0, 0.1) is 5.41 Å². The molecular weight excluding hydrogens is 418 g/mol. The molecule has 1 aliphatic carbocycles. The summed E-state index contributed by atoms with van der Waals surface area (Å²) in [5.41, 5.74) is 7.23. The van der Waals surface area contributed by atoms with Crippen LogP contribution in [0.2, 0.25) is 0 Å². The van der Waals surface area contributed by atoms with Crippen LogP contribution < -0.4 is 9.80 Å². The third-order valence-electron chi connectivity index (χ3n) is 8.57. The number of hydrogen-bond acceptors (Lipinski definition) is 5. The molecule has 2 aromatic heterocycles. The molecule has 0 saturated heterocycles. The van der Waals surface area contributed by atoms with E-state index in [-0.39, 0.29) is 17.0 Å². The number of nitrogens with zero attached hydrogens (tertiary/aromatic N) is 5. The van der Waals surface area contributed by atoms with Crippen LogP contribution in [0.4, 0.5) is 17.2 Å². The van der Waals surface area contributed by atoms with Crippen LogP contribution in [0.3, 0.4) is 0 Å². The number of para-hydroxylation sites is 1. The minimum atomic E-state index is -0.0280. The second kappa shape index (κ2) is 6.91. The SMILES string of the molecule is CC(C)c1cncc(C(C)C)c1-c1ncc2c(n1)N(C)C1N2c2ccccc2C2(C)C=CC12C. The zero-order chi connectivity index (χ0) is 24.0. The number of rotatable bonds is 3. The summed E-state index contributed by atoms with van der Waals surface area (Å²) in [7, 11) is 2.19. The van der Waals surface area contributed by atoms with Crippen molar-refractivity contribution in [3.8, 4) is 11.4 Å². The molecule has 6 rings (SSSR count). The molecule has 0 spiro atoms. The maximum Gasteiger partial charge on any atom is 0.162 e. The summed E-state index contributed by atoms with van der Waals surface area (Å²) in [6.45, 7) is 13.6. The van der Waals surface area contributed by atoms with Gasteiger partial charge in [0.1, 0.15) is 11.9 Å². The van der Waals surface area contributed by atoms with Crippen LogP contribution in [0.1, 0.15) is 70.1 Å². The molecular formula is C29H33N5. The lowest BCUT2D eigenvalue weighted by atomic mass is 9.51. The normalized spacial score (nSPS) is 26.3. The zero-order valence-electron chi connectivity index (χ0n) is 21.2. The molecule has 1 aromatic carbocycles. The highest BCUT2D eigenvalue weighted by molar-refractivity contribution is 5.87. The van der Waals surface area contributed by atoms with E-state index in [1.54, 1.807) is 0 Å². The first kappa shape index (κ1) is 21.3. The van der Waals surface area contributed by atoms with Gasteiger partial charge in [-0.15, -0.1) is 0 Å². The topological polar surface area (TPSA) is 45.2 Å². The van der Waals surface area contributed by atoms with Gasteiger partial charge in [-0.3, -0.25) is 4.98 Å². The Morgan fingerprint density at radius 1 is 0.882 bits per heavy atom. The van der Waals surface area contributed by atoms with Crippen LogP contribution >= 0.6 is 0 Å². The van der Waals surface area contributed by atoms with Gasteiger partial charge in [-0.1, -0.05) is 71.9 Å². The summed E-state index contributed by atoms with van der Waals surface area (Å²) in [5.74, 6) is 2.48. The smallest absolute Gasteiger partial charge is 0.162 e. The molecule has 5 nitrogen and oxygen atoms in total. The van der Waals surface area contributed by atoms with E-state index in [0.29, 0.717) is 11.8 Å².